The molecule has 1 heterocycles. The first-order valence-electron chi connectivity index (χ1n) is 7.40. The number of rotatable bonds is 6. The maximum Gasteiger partial charge on any atom is 0.355 e. The number of carboxylic acid groups (broad SMARTS) is 1. The number of aryl methyl sites for hydroxylation is 1. The monoisotopic (exact) mass is 325 g/mol. The third kappa shape index (κ3) is 5.12. The average molecular weight is 325 g/mol. The molecule has 128 valence electrons. The van der Waals surface area contributed by atoms with E-state index < -0.39 is 23.5 Å². The molecule has 7 nitrogen and oxygen atoms in total. The van der Waals surface area contributed by atoms with Crippen molar-refractivity contribution in [2.24, 2.45) is 0 Å². The quantitative estimate of drug-likeness (QED) is 0.778. The van der Waals surface area contributed by atoms with Crippen LogP contribution in [-0.2, 0) is 20.7 Å². The Morgan fingerprint density at radius 1 is 1.22 bits per heavy atom. The maximum absolute atomic E-state index is 12.2. The van der Waals surface area contributed by atoms with Crippen LogP contribution in [0.5, 0.6) is 0 Å². The summed E-state index contributed by atoms with van der Waals surface area (Å²) in [6.45, 7) is 8.67. The molecule has 7 heteroatoms. The molecular weight excluding hydrogens is 302 g/mol. The number of H-pyrrole nitrogens is 1. The van der Waals surface area contributed by atoms with Gasteiger partial charge in [0.15, 0.2) is 0 Å². The summed E-state index contributed by atoms with van der Waals surface area (Å²) in [4.78, 5) is 37.8. The minimum atomic E-state index is -1.16. The summed E-state index contributed by atoms with van der Waals surface area (Å²) in [6, 6.07) is 0. The van der Waals surface area contributed by atoms with Crippen LogP contribution in [0.15, 0.2) is 0 Å². The molecule has 0 aliphatic carbocycles. The SMILES string of the molecule is CCOC(=O)CCc1[nH]c(C(=O)OC(C)(C)C)c(C)c1C(=O)O. The molecule has 1 aromatic rings. The number of carbonyl (C=O) groups excluding carboxylic acids is 2. The van der Waals surface area contributed by atoms with Crippen molar-refractivity contribution in [3.63, 3.8) is 0 Å². The molecule has 0 fully saturated rings. The topological polar surface area (TPSA) is 106 Å². The van der Waals surface area contributed by atoms with Gasteiger partial charge in [-0.3, -0.25) is 4.79 Å². The smallest absolute Gasteiger partial charge is 0.355 e. The Balaban J connectivity index is 3.07. The number of nitrogens with one attached hydrogen (secondary N) is 1. The summed E-state index contributed by atoms with van der Waals surface area (Å²) < 4.78 is 10.1. The Morgan fingerprint density at radius 3 is 2.30 bits per heavy atom. The summed E-state index contributed by atoms with van der Waals surface area (Å²) in [5.41, 5.74) is 0.00389. The molecule has 0 aliphatic rings. The second-order valence-corrected chi connectivity index (χ2v) is 6.09. The number of hydrogen-bond donors (Lipinski definition) is 2. The predicted molar refractivity (Wildman–Crippen MR) is 82.6 cm³/mol. The van der Waals surface area contributed by atoms with Gasteiger partial charge >= 0.3 is 17.9 Å². The van der Waals surface area contributed by atoms with Crippen molar-refractivity contribution in [1.82, 2.24) is 4.98 Å². The molecule has 0 bridgehead atoms. The predicted octanol–water partition coefficient (Wildman–Crippen LogP) is 2.47. The van der Waals surface area contributed by atoms with Crippen LogP contribution < -0.4 is 0 Å². The summed E-state index contributed by atoms with van der Waals surface area (Å²) >= 11 is 0. The molecule has 0 radical (unpaired) electrons. The highest BCUT2D eigenvalue weighted by molar-refractivity contribution is 5.98. The molecule has 0 saturated carbocycles. The minimum Gasteiger partial charge on any atom is -0.478 e. The van der Waals surface area contributed by atoms with Gasteiger partial charge in [0.25, 0.3) is 0 Å². The van der Waals surface area contributed by atoms with Gasteiger partial charge in [0, 0.05) is 5.69 Å². The highest BCUT2D eigenvalue weighted by Gasteiger charge is 2.27. The van der Waals surface area contributed by atoms with E-state index in [0.717, 1.165) is 0 Å². The number of carboxylic acids is 1. The zero-order valence-corrected chi connectivity index (χ0v) is 14.1. The lowest BCUT2D eigenvalue weighted by atomic mass is 10.1. The number of aromatic nitrogens is 1. The standard InChI is InChI=1S/C16H23NO6/c1-6-22-11(18)8-7-10-12(14(19)20)9(2)13(17-10)15(21)23-16(3,4)5/h17H,6-8H2,1-5H3,(H,19,20). The zero-order chi connectivity index (χ0) is 17.8. The number of aromatic carboxylic acids is 1. The molecule has 0 unspecified atom stereocenters. The van der Waals surface area contributed by atoms with Crippen LogP contribution >= 0.6 is 0 Å². The van der Waals surface area contributed by atoms with Crippen molar-refractivity contribution in [3.8, 4) is 0 Å². The van der Waals surface area contributed by atoms with E-state index in [9.17, 15) is 19.5 Å². The molecule has 0 aliphatic heterocycles. The number of aromatic amines is 1. The van der Waals surface area contributed by atoms with Crippen molar-refractivity contribution >= 4 is 17.9 Å². The molecule has 0 atom stereocenters. The van der Waals surface area contributed by atoms with E-state index in [1.54, 1.807) is 27.7 Å². The van der Waals surface area contributed by atoms with Crippen LogP contribution in [0.25, 0.3) is 0 Å². The Labute approximate surface area is 135 Å². The fourth-order valence-corrected chi connectivity index (χ4v) is 2.13. The van der Waals surface area contributed by atoms with E-state index in [0.29, 0.717) is 11.3 Å². The molecular formula is C16H23NO6. The van der Waals surface area contributed by atoms with Gasteiger partial charge in [0.05, 0.1) is 18.6 Å². The lowest BCUT2D eigenvalue weighted by Crippen LogP contribution is -2.24. The number of carbonyl (C=O) groups is 3. The number of ether oxygens (including phenoxy) is 2. The van der Waals surface area contributed by atoms with Gasteiger partial charge in [0.2, 0.25) is 0 Å². The third-order valence-electron chi connectivity index (χ3n) is 3.03. The van der Waals surface area contributed by atoms with E-state index in [2.05, 4.69) is 4.98 Å². The van der Waals surface area contributed by atoms with Gasteiger partial charge in [0.1, 0.15) is 11.3 Å². The molecule has 0 spiro atoms. The second kappa shape index (κ2) is 7.30. The van der Waals surface area contributed by atoms with E-state index >= 15 is 0 Å². The van der Waals surface area contributed by atoms with Crippen LogP contribution in [-0.4, -0.2) is 40.2 Å². The fraction of sp³-hybridized carbons (Fsp3) is 0.562. The van der Waals surface area contributed by atoms with Crippen molar-refractivity contribution in [2.45, 2.75) is 53.1 Å². The van der Waals surface area contributed by atoms with E-state index in [1.165, 1.54) is 6.92 Å². The zero-order valence-electron chi connectivity index (χ0n) is 14.1. The average Bonchev–Trinajstić information content (AvgIpc) is 2.72. The first kappa shape index (κ1) is 18.7. The van der Waals surface area contributed by atoms with Gasteiger partial charge in [-0.05, 0) is 46.6 Å². The highest BCUT2D eigenvalue weighted by Crippen LogP contribution is 2.22. The minimum absolute atomic E-state index is 0.00448. The van der Waals surface area contributed by atoms with Crippen LogP contribution in [0.1, 0.15) is 66.2 Å². The van der Waals surface area contributed by atoms with Gasteiger partial charge < -0.3 is 19.6 Å². The molecule has 2 N–H and O–H groups in total. The summed E-state index contributed by atoms with van der Waals surface area (Å²) in [6.07, 6.45) is 0.173. The summed E-state index contributed by atoms with van der Waals surface area (Å²) in [7, 11) is 0. The molecule has 23 heavy (non-hydrogen) atoms. The fourth-order valence-electron chi connectivity index (χ4n) is 2.13. The van der Waals surface area contributed by atoms with E-state index in [4.69, 9.17) is 9.47 Å². The second-order valence-electron chi connectivity index (χ2n) is 6.09. The maximum atomic E-state index is 12.2. The van der Waals surface area contributed by atoms with Crippen molar-refractivity contribution in [1.29, 1.82) is 0 Å². The van der Waals surface area contributed by atoms with Gasteiger partial charge in [-0.15, -0.1) is 0 Å². The van der Waals surface area contributed by atoms with Gasteiger partial charge in [-0.2, -0.15) is 0 Å². The van der Waals surface area contributed by atoms with Crippen LogP contribution in [0, 0.1) is 6.92 Å². The Morgan fingerprint density at radius 2 is 1.83 bits per heavy atom. The Hall–Kier alpha value is -2.31. The Kier molecular flexibility index (Phi) is 5.95. The number of hydrogen-bond acceptors (Lipinski definition) is 5. The third-order valence-corrected chi connectivity index (χ3v) is 3.03. The van der Waals surface area contributed by atoms with E-state index in [-0.39, 0.29) is 30.7 Å². The first-order chi connectivity index (χ1) is 10.6. The van der Waals surface area contributed by atoms with Gasteiger partial charge in [-0.25, -0.2) is 9.59 Å². The molecule has 0 saturated heterocycles. The molecule has 1 aromatic heterocycles. The van der Waals surface area contributed by atoms with Crippen molar-refractivity contribution in [2.75, 3.05) is 6.61 Å². The van der Waals surface area contributed by atoms with Crippen molar-refractivity contribution in [3.05, 3.63) is 22.5 Å². The molecule has 1 rings (SSSR count). The summed E-state index contributed by atoms with van der Waals surface area (Å²) in [5.74, 6) is -2.21. The van der Waals surface area contributed by atoms with Crippen molar-refractivity contribution < 1.29 is 29.0 Å². The summed E-state index contributed by atoms with van der Waals surface area (Å²) in [5, 5.41) is 9.35. The highest BCUT2D eigenvalue weighted by atomic mass is 16.6. The Bertz CT molecular complexity index is 609. The van der Waals surface area contributed by atoms with Crippen LogP contribution in [0.3, 0.4) is 0 Å². The van der Waals surface area contributed by atoms with E-state index in [1.807, 2.05) is 0 Å². The number of esters is 2. The largest absolute Gasteiger partial charge is 0.478 e. The van der Waals surface area contributed by atoms with Gasteiger partial charge in [-0.1, -0.05) is 0 Å². The van der Waals surface area contributed by atoms with Crippen LogP contribution in [0.4, 0.5) is 0 Å². The lowest BCUT2D eigenvalue weighted by Gasteiger charge is -2.19. The molecule has 0 amide bonds. The lowest BCUT2D eigenvalue weighted by molar-refractivity contribution is -0.143. The molecule has 0 aromatic carbocycles. The van der Waals surface area contributed by atoms with Crippen LogP contribution in [0.2, 0.25) is 0 Å². The normalized spacial score (nSPS) is 11.2. The first-order valence-corrected chi connectivity index (χ1v) is 7.40.